The van der Waals surface area contributed by atoms with Gasteiger partial charge in [-0.15, -0.1) is 22.7 Å². The molecule has 0 radical (unpaired) electrons. The van der Waals surface area contributed by atoms with Gasteiger partial charge in [0.05, 0.1) is 11.7 Å². The lowest BCUT2D eigenvalue weighted by molar-refractivity contribution is -0.120. The number of thiophene rings is 2. The Morgan fingerprint density at radius 1 is 1.50 bits per heavy atom. The number of carbonyl (C=O) groups excluding carboxylic acids is 1. The van der Waals surface area contributed by atoms with E-state index in [4.69, 9.17) is 5.73 Å². The molecule has 0 spiro atoms. The van der Waals surface area contributed by atoms with E-state index in [0.717, 1.165) is 21.7 Å². The maximum absolute atomic E-state index is 12.8. The average molecular weight is 333 g/mol. The molecule has 1 unspecified atom stereocenters. The molecule has 2 N–H and O–H groups in total. The van der Waals surface area contributed by atoms with E-state index in [1.54, 1.807) is 18.3 Å². The van der Waals surface area contributed by atoms with Crippen LogP contribution in [0.3, 0.4) is 0 Å². The van der Waals surface area contributed by atoms with Crippen LogP contribution in [-0.2, 0) is 11.2 Å². The van der Waals surface area contributed by atoms with Crippen molar-refractivity contribution in [3.8, 4) is 10.4 Å². The minimum atomic E-state index is -0.717. The fraction of sp³-hybridized carbons (Fsp3) is 0.267. The van der Waals surface area contributed by atoms with Crippen molar-refractivity contribution in [1.29, 1.82) is 0 Å². The highest BCUT2D eigenvalue weighted by molar-refractivity contribution is 7.20. The molecule has 3 aromatic rings. The van der Waals surface area contributed by atoms with E-state index in [1.807, 2.05) is 17.5 Å². The lowest BCUT2D eigenvalue weighted by atomic mass is 10.1. The second-order valence-corrected chi connectivity index (χ2v) is 6.98. The Balaban J connectivity index is 2.36. The van der Waals surface area contributed by atoms with E-state index in [9.17, 15) is 9.59 Å². The Morgan fingerprint density at radius 3 is 2.86 bits per heavy atom. The van der Waals surface area contributed by atoms with E-state index in [1.165, 1.54) is 22.2 Å². The van der Waals surface area contributed by atoms with Crippen LogP contribution in [0.25, 0.3) is 20.7 Å². The molecule has 3 aromatic heterocycles. The molecule has 0 aliphatic heterocycles. The molecule has 1 amide bonds. The molecule has 0 aliphatic rings. The highest BCUT2D eigenvalue weighted by Crippen LogP contribution is 2.38. The molecule has 0 aliphatic carbocycles. The first-order valence-electron chi connectivity index (χ1n) is 6.90. The number of carbonyl (C=O) groups is 1. The molecule has 0 saturated heterocycles. The largest absolute Gasteiger partial charge is 0.368 e. The van der Waals surface area contributed by atoms with E-state index < -0.39 is 11.9 Å². The van der Waals surface area contributed by atoms with Crippen LogP contribution in [0.4, 0.5) is 0 Å². The summed E-state index contributed by atoms with van der Waals surface area (Å²) < 4.78 is 1.31. The maximum Gasteiger partial charge on any atom is 0.263 e. The minimum Gasteiger partial charge on any atom is -0.368 e. The van der Waals surface area contributed by atoms with Crippen LogP contribution in [-0.4, -0.2) is 15.5 Å². The zero-order chi connectivity index (χ0) is 15.9. The first-order valence-corrected chi connectivity index (χ1v) is 8.59. The van der Waals surface area contributed by atoms with E-state index >= 15 is 0 Å². The summed E-state index contributed by atoms with van der Waals surface area (Å²) >= 11 is 3.12. The zero-order valence-corrected chi connectivity index (χ0v) is 13.8. The predicted molar refractivity (Wildman–Crippen MR) is 90.5 cm³/mol. The predicted octanol–water partition coefficient (Wildman–Crippen LogP) is 2.80. The van der Waals surface area contributed by atoms with E-state index in [0.29, 0.717) is 10.2 Å². The monoisotopic (exact) mass is 333 g/mol. The van der Waals surface area contributed by atoms with Crippen molar-refractivity contribution in [2.45, 2.75) is 26.3 Å². The fourth-order valence-corrected chi connectivity index (χ4v) is 4.35. The number of hydrogen-bond acceptors (Lipinski definition) is 5. The van der Waals surface area contributed by atoms with Gasteiger partial charge in [-0.2, -0.15) is 0 Å². The van der Waals surface area contributed by atoms with Gasteiger partial charge < -0.3 is 5.73 Å². The molecule has 5 nitrogen and oxygen atoms in total. The average Bonchev–Trinajstić information content (AvgIpc) is 3.13. The Morgan fingerprint density at radius 2 is 2.27 bits per heavy atom. The standard InChI is InChI=1S/C15H15N3O2S2/c1-3-9-11(10-5-4-6-21-10)12-14(22-9)17-7-18(15(12)20)8(2)13(16)19/h4-8H,3H2,1-2H3,(H2,16,19). The van der Waals surface area contributed by atoms with Gasteiger partial charge >= 0.3 is 0 Å². The van der Waals surface area contributed by atoms with Crippen molar-refractivity contribution in [3.05, 3.63) is 39.1 Å². The molecular formula is C15H15N3O2S2. The molecular weight excluding hydrogens is 318 g/mol. The van der Waals surface area contributed by atoms with Crippen molar-refractivity contribution in [2.75, 3.05) is 0 Å². The molecule has 114 valence electrons. The topological polar surface area (TPSA) is 78.0 Å². The summed E-state index contributed by atoms with van der Waals surface area (Å²) in [5.74, 6) is -0.549. The van der Waals surface area contributed by atoms with Crippen LogP contribution in [0.5, 0.6) is 0 Å². The summed E-state index contributed by atoms with van der Waals surface area (Å²) in [6, 6.07) is 3.24. The van der Waals surface area contributed by atoms with Gasteiger partial charge in [0.2, 0.25) is 5.91 Å². The molecule has 1 atom stereocenters. The van der Waals surface area contributed by atoms with Crippen molar-refractivity contribution in [1.82, 2.24) is 9.55 Å². The van der Waals surface area contributed by atoms with Crippen LogP contribution in [0.2, 0.25) is 0 Å². The number of nitrogens with two attached hydrogens (primary N) is 1. The molecule has 0 bridgehead atoms. The number of amides is 1. The summed E-state index contributed by atoms with van der Waals surface area (Å²) in [5, 5.41) is 2.57. The highest BCUT2D eigenvalue weighted by Gasteiger charge is 2.21. The molecule has 0 aromatic carbocycles. The Kier molecular flexibility index (Phi) is 3.84. The van der Waals surface area contributed by atoms with Gasteiger partial charge in [-0.25, -0.2) is 4.98 Å². The summed E-state index contributed by atoms with van der Waals surface area (Å²) in [7, 11) is 0. The van der Waals surface area contributed by atoms with Crippen LogP contribution in [0.15, 0.2) is 28.6 Å². The van der Waals surface area contributed by atoms with Crippen molar-refractivity contribution in [2.24, 2.45) is 5.73 Å². The van der Waals surface area contributed by atoms with Gasteiger partial charge in [0.15, 0.2) is 0 Å². The second-order valence-electron chi connectivity index (χ2n) is 4.95. The van der Waals surface area contributed by atoms with Gasteiger partial charge in [0, 0.05) is 15.3 Å². The number of aromatic nitrogens is 2. The Hall–Kier alpha value is -1.99. The molecule has 0 fully saturated rings. The molecule has 3 rings (SSSR count). The second kappa shape index (κ2) is 5.66. The number of nitrogens with zero attached hydrogens (tertiary/aromatic N) is 2. The Labute approximate surface area is 135 Å². The number of primary amides is 1. The molecule has 0 saturated carbocycles. The quantitative estimate of drug-likeness (QED) is 0.797. The third-order valence-corrected chi connectivity index (χ3v) is 5.76. The Bertz CT molecular complexity index is 894. The third-order valence-electron chi connectivity index (χ3n) is 3.63. The van der Waals surface area contributed by atoms with Crippen molar-refractivity contribution >= 4 is 38.8 Å². The third kappa shape index (κ3) is 2.26. The van der Waals surface area contributed by atoms with Crippen LogP contribution < -0.4 is 11.3 Å². The van der Waals surface area contributed by atoms with Gasteiger partial charge in [0.1, 0.15) is 10.9 Å². The summed E-state index contributed by atoms with van der Waals surface area (Å²) in [6.07, 6.45) is 2.24. The molecule has 22 heavy (non-hydrogen) atoms. The lowest BCUT2D eigenvalue weighted by Crippen LogP contribution is -2.32. The molecule has 7 heteroatoms. The summed E-state index contributed by atoms with van der Waals surface area (Å²) in [5.41, 5.74) is 6.06. The summed E-state index contributed by atoms with van der Waals surface area (Å²) in [6.45, 7) is 3.67. The number of rotatable bonds is 4. The van der Waals surface area contributed by atoms with Crippen LogP contribution in [0, 0.1) is 0 Å². The smallest absolute Gasteiger partial charge is 0.263 e. The first-order chi connectivity index (χ1) is 10.5. The number of aryl methyl sites for hydroxylation is 1. The number of hydrogen-bond donors (Lipinski definition) is 1. The zero-order valence-electron chi connectivity index (χ0n) is 12.2. The van der Waals surface area contributed by atoms with Crippen LogP contribution in [0.1, 0.15) is 24.8 Å². The highest BCUT2D eigenvalue weighted by atomic mass is 32.1. The molecule has 3 heterocycles. The van der Waals surface area contributed by atoms with Gasteiger partial charge in [0.25, 0.3) is 5.56 Å². The lowest BCUT2D eigenvalue weighted by Gasteiger charge is -2.10. The normalized spacial score (nSPS) is 12.6. The summed E-state index contributed by atoms with van der Waals surface area (Å²) in [4.78, 5) is 31.5. The first kappa shape index (κ1) is 14.9. The van der Waals surface area contributed by atoms with E-state index in [-0.39, 0.29) is 5.56 Å². The maximum atomic E-state index is 12.8. The fourth-order valence-electron chi connectivity index (χ4n) is 2.39. The van der Waals surface area contributed by atoms with Crippen LogP contribution >= 0.6 is 22.7 Å². The van der Waals surface area contributed by atoms with Gasteiger partial charge in [-0.3, -0.25) is 14.2 Å². The minimum absolute atomic E-state index is 0.212. The van der Waals surface area contributed by atoms with Gasteiger partial charge in [-0.05, 0) is 24.8 Å². The van der Waals surface area contributed by atoms with Crippen molar-refractivity contribution in [3.63, 3.8) is 0 Å². The SMILES string of the molecule is CCc1sc2ncn(C(C)C(N)=O)c(=O)c2c1-c1cccs1. The van der Waals surface area contributed by atoms with Crippen molar-refractivity contribution < 1.29 is 4.79 Å². The van der Waals surface area contributed by atoms with E-state index in [2.05, 4.69) is 11.9 Å². The van der Waals surface area contributed by atoms with Gasteiger partial charge in [-0.1, -0.05) is 13.0 Å². The number of fused-ring (bicyclic) bond motifs is 1.